The van der Waals surface area contributed by atoms with Crippen molar-refractivity contribution in [3.8, 4) is 11.5 Å². The van der Waals surface area contributed by atoms with Crippen molar-refractivity contribution in [2.75, 3.05) is 5.73 Å². The lowest BCUT2D eigenvalue weighted by Crippen LogP contribution is -1.86. The fourth-order valence-electron chi connectivity index (χ4n) is 2.32. The van der Waals surface area contributed by atoms with Crippen LogP contribution in [0.1, 0.15) is 16.7 Å². The van der Waals surface area contributed by atoms with Crippen LogP contribution in [0.15, 0.2) is 34.7 Å². The smallest absolute Gasteiger partial charge is 0.227 e. The Morgan fingerprint density at radius 1 is 1.05 bits per heavy atom. The summed E-state index contributed by atoms with van der Waals surface area (Å²) in [7, 11) is 0. The number of oxazole rings is 1. The Balaban J connectivity index is 2.28. The lowest BCUT2D eigenvalue weighted by molar-refractivity contribution is 0.617. The number of hydrogen-bond acceptors (Lipinski definition) is 3. The molecule has 0 bridgehead atoms. The fourth-order valence-corrected chi connectivity index (χ4v) is 2.32. The molecule has 0 aliphatic rings. The monoisotopic (exact) mass is 252 g/mol. The van der Waals surface area contributed by atoms with E-state index in [1.165, 1.54) is 11.1 Å². The molecule has 3 aromatic rings. The number of nitrogens with zero attached hydrogens (tertiary/aromatic N) is 1. The Bertz CT molecular complexity index is 772. The number of nitrogens with two attached hydrogens (primary N) is 1. The summed E-state index contributed by atoms with van der Waals surface area (Å²) in [4.78, 5) is 4.62. The van der Waals surface area contributed by atoms with E-state index in [9.17, 15) is 0 Å². The molecule has 3 heteroatoms. The van der Waals surface area contributed by atoms with Crippen molar-refractivity contribution in [2.24, 2.45) is 0 Å². The van der Waals surface area contributed by atoms with Crippen molar-refractivity contribution in [1.29, 1.82) is 0 Å². The molecule has 0 atom stereocenters. The number of aromatic nitrogens is 1. The Morgan fingerprint density at radius 2 is 1.84 bits per heavy atom. The Labute approximate surface area is 112 Å². The molecule has 1 aromatic heterocycles. The Hall–Kier alpha value is -2.29. The van der Waals surface area contributed by atoms with Crippen molar-refractivity contribution in [2.45, 2.75) is 20.8 Å². The van der Waals surface area contributed by atoms with Crippen LogP contribution in [0.2, 0.25) is 0 Å². The number of fused-ring (bicyclic) bond motifs is 1. The molecule has 0 saturated heterocycles. The quantitative estimate of drug-likeness (QED) is 0.666. The molecule has 2 aromatic carbocycles. The van der Waals surface area contributed by atoms with Gasteiger partial charge in [-0.15, -0.1) is 0 Å². The normalized spacial score (nSPS) is 11.1. The van der Waals surface area contributed by atoms with E-state index in [4.69, 9.17) is 10.2 Å². The fraction of sp³-hybridized carbons (Fsp3) is 0.188. The number of benzene rings is 2. The van der Waals surface area contributed by atoms with Crippen molar-refractivity contribution in [3.63, 3.8) is 0 Å². The third kappa shape index (κ3) is 1.87. The average Bonchev–Trinajstić information content (AvgIpc) is 2.82. The Kier molecular flexibility index (Phi) is 2.56. The topological polar surface area (TPSA) is 52.0 Å². The molecule has 0 aliphatic heterocycles. The van der Waals surface area contributed by atoms with E-state index in [1.807, 2.05) is 31.2 Å². The molecule has 19 heavy (non-hydrogen) atoms. The molecular formula is C16H16N2O. The number of aryl methyl sites for hydroxylation is 3. The van der Waals surface area contributed by atoms with Gasteiger partial charge in [0.25, 0.3) is 0 Å². The second kappa shape index (κ2) is 4.12. The lowest BCUT2D eigenvalue weighted by Gasteiger charge is -2.01. The van der Waals surface area contributed by atoms with Crippen molar-refractivity contribution in [3.05, 3.63) is 47.0 Å². The molecule has 0 saturated carbocycles. The van der Waals surface area contributed by atoms with Crippen LogP contribution < -0.4 is 5.73 Å². The third-order valence-corrected chi connectivity index (χ3v) is 3.50. The van der Waals surface area contributed by atoms with E-state index in [0.717, 1.165) is 22.2 Å². The summed E-state index contributed by atoms with van der Waals surface area (Å²) in [5.74, 6) is 0.624. The van der Waals surface area contributed by atoms with Gasteiger partial charge in [-0.1, -0.05) is 12.1 Å². The SMILES string of the molecule is Cc1cc(C)c2oc(-c3cccc(N)c3)nc2c1C. The van der Waals surface area contributed by atoms with Crippen LogP contribution in [-0.4, -0.2) is 4.98 Å². The van der Waals surface area contributed by atoms with Gasteiger partial charge in [-0.05, 0) is 55.7 Å². The zero-order valence-corrected chi connectivity index (χ0v) is 11.3. The molecular weight excluding hydrogens is 236 g/mol. The second-order valence-corrected chi connectivity index (χ2v) is 4.96. The summed E-state index contributed by atoms with van der Waals surface area (Å²) >= 11 is 0. The molecule has 0 spiro atoms. The van der Waals surface area contributed by atoms with Gasteiger partial charge in [0, 0.05) is 11.3 Å². The summed E-state index contributed by atoms with van der Waals surface area (Å²) in [6, 6.07) is 9.73. The number of rotatable bonds is 1. The van der Waals surface area contributed by atoms with Crippen LogP contribution in [0.5, 0.6) is 0 Å². The third-order valence-electron chi connectivity index (χ3n) is 3.50. The maximum atomic E-state index is 5.91. The summed E-state index contributed by atoms with van der Waals surface area (Å²) in [5, 5.41) is 0. The molecule has 1 heterocycles. The average molecular weight is 252 g/mol. The molecule has 96 valence electrons. The molecule has 3 rings (SSSR count). The van der Waals surface area contributed by atoms with Crippen LogP contribution in [0.3, 0.4) is 0 Å². The van der Waals surface area contributed by atoms with Gasteiger partial charge in [-0.25, -0.2) is 4.98 Å². The number of hydrogen-bond donors (Lipinski definition) is 1. The summed E-state index contributed by atoms with van der Waals surface area (Å²) in [6.45, 7) is 6.21. The Morgan fingerprint density at radius 3 is 2.58 bits per heavy atom. The second-order valence-electron chi connectivity index (χ2n) is 4.96. The molecule has 0 amide bonds. The maximum Gasteiger partial charge on any atom is 0.227 e. The van der Waals surface area contributed by atoms with Gasteiger partial charge in [0.2, 0.25) is 5.89 Å². The lowest BCUT2D eigenvalue weighted by atomic mass is 10.1. The van der Waals surface area contributed by atoms with Crippen LogP contribution in [0.4, 0.5) is 5.69 Å². The molecule has 0 unspecified atom stereocenters. The van der Waals surface area contributed by atoms with E-state index in [2.05, 4.69) is 24.9 Å². The van der Waals surface area contributed by atoms with E-state index < -0.39 is 0 Å². The van der Waals surface area contributed by atoms with Crippen LogP contribution in [-0.2, 0) is 0 Å². The highest BCUT2D eigenvalue weighted by Crippen LogP contribution is 2.30. The van der Waals surface area contributed by atoms with Gasteiger partial charge >= 0.3 is 0 Å². The van der Waals surface area contributed by atoms with Crippen LogP contribution in [0.25, 0.3) is 22.6 Å². The van der Waals surface area contributed by atoms with E-state index in [1.54, 1.807) is 0 Å². The zero-order chi connectivity index (χ0) is 13.6. The van der Waals surface area contributed by atoms with Crippen molar-refractivity contribution >= 4 is 16.8 Å². The van der Waals surface area contributed by atoms with Gasteiger partial charge in [0.05, 0.1) is 0 Å². The minimum Gasteiger partial charge on any atom is -0.436 e. The first-order valence-electron chi connectivity index (χ1n) is 6.29. The first-order chi connectivity index (χ1) is 9.06. The number of nitrogen functional groups attached to an aromatic ring is 1. The summed E-state index contributed by atoms with van der Waals surface area (Å²) in [6.07, 6.45) is 0. The largest absolute Gasteiger partial charge is 0.436 e. The van der Waals surface area contributed by atoms with Crippen LogP contribution in [0, 0.1) is 20.8 Å². The first kappa shape index (κ1) is 11.8. The minimum atomic E-state index is 0.624. The highest BCUT2D eigenvalue weighted by molar-refractivity contribution is 5.83. The van der Waals surface area contributed by atoms with Crippen LogP contribution >= 0.6 is 0 Å². The van der Waals surface area contributed by atoms with Crippen molar-refractivity contribution < 1.29 is 4.42 Å². The molecule has 0 aliphatic carbocycles. The van der Waals surface area contributed by atoms with Gasteiger partial charge in [0.1, 0.15) is 5.52 Å². The number of anilines is 1. The molecule has 0 radical (unpaired) electrons. The highest BCUT2D eigenvalue weighted by Gasteiger charge is 2.13. The summed E-state index contributed by atoms with van der Waals surface area (Å²) < 4.78 is 5.91. The highest BCUT2D eigenvalue weighted by atomic mass is 16.3. The van der Waals surface area contributed by atoms with E-state index >= 15 is 0 Å². The maximum absolute atomic E-state index is 5.91. The molecule has 3 nitrogen and oxygen atoms in total. The predicted molar refractivity (Wildman–Crippen MR) is 78.1 cm³/mol. The molecule has 0 fully saturated rings. The van der Waals surface area contributed by atoms with Gasteiger partial charge in [-0.2, -0.15) is 0 Å². The van der Waals surface area contributed by atoms with Gasteiger partial charge in [0.15, 0.2) is 5.58 Å². The van der Waals surface area contributed by atoms with E-state index in [-0.39, 0.29) is 0 Å². The van der Waals surface area contributed by atoms with E-state index in [0.29, 0.717) is 11.6 Å². The van der Waals surface area contributed by atoms with Crippen molar-refractivity contribution in [1.82, 2.24) is 4.98 Å². The zero-order valence-electron chi connectivity index (χ0n) is 11.3. The first-order valence-corrected chi connectivity index (χ1v) is 6.29. The standard InChI is InChI=1S/C16H16N2O/c1-9-7-10(2)15-14(11(9)3)18-16(19-15)12-5-4-6-13(17)8-12/h4-8H,17H2,1-3H3. The minimum absolute atomic E-state index is 0.624. The van der Waals surface area contributed by atoms with Gasteiger partial charge in [-0.3, -0.25) is 0 Å². The van der Waals surface area contributed by atoms with Gasteiger partial charge < -0.3 is 10.2 Å². The summed E-state index contributed by atoms with van der Waals surface area (Å²) in [5.41, 5.74) is 12.7. The predicted octanol–water partition coefficient (Wildman–Crippen LogP) is 4.00. The molecule has 2 N–H and O–H groups in total.